The van der Waals surface area contributed by atoms with Crippen molar-refractivity contribution in [2.75, 3.05) is 6.61 Å². The Morgan fingerprint density at radius 1 is 1.21 bits per heavy atom. The molecule has 29 heavy (non-hydrogen) atoms. The first-order valence-electron chi connectivity index (χ1n) is 9.86. The molecule has 0 aromatic heterocycles. The summed E-state index contributed by atoms with van der Waals surface area (Å²) >= 11 is 0. The van der Waals surface area contributed by atoms with E-state index in [1.807, 2.05) is 6.92 Å². The van der Waals surface area contributed by atoms with E-state index in [-0.39, 0.29) is 11.8 Å². The normalized spacial score (nSPS) is 36.7. The molecule has 7 heteroatoms. The molecule has 2 bridgehead atoms. The van der Waals surface area contributed by atoms with Crippen LogP contribution in [0.1, 0.15) is 44.8 Å². The summed E-state index contributed by atoms with van der Waals surface area (Å²) in [5.41, 5.74) is -3.12. The zero-order valence-electron chi connectivity index (χ0n) is 16.4. The number of nitrogens with zero attached hydrogens (tertiary/aromatic N) is 3. The molecule has 7 nitrogen and oxygen atoms in total. The number of hydrogen-bond acceptors (Lipinski definition) is 7. The molecule has 148 valence electrons. The fourth-order valence-electron chi connectivity index (χ4n) is 5.29. The summed E-state index contributed by atoms with van der Waals surface area (Å²) in [5.74, 6) is -1.29. The van der Waals surface area contributed by atoms with E-state index in [0.717, 1.165) is 6.42 Å². The number of nitriles is 3. The Hall–Kier alpha value is -3.08. The largest absolute Gasteiger partial charge is 0.493 e. The van der Waals surface area contributed by atoms with Crippen molar-refractivity contribution in [2.24, 2.45) is 22.7 Å². The molecule has 1 aliphatic carbocycles. The van der Waals surface area contributed by atoms with Crippen LogP contribution in [0.3, 0.4) is 0 Å². The second kappa shape index (κ2) is 6.48. The van der Waals surface area contributed by atoms with E-state index in [4.69, 9.17) is 19.6 Å². The zero-order chi connectivity index (χ0) is 20.9. The third kappa shape index (κ3) is 2.21. The third-order valence-electron chi connectivity index (χ3n) is 6.67. The number of ether oxygens (including phenoxy) is 3. The number of hydrogen-bond donors (Lipinski definition) is 1. The van der Waals surface area contributed by atoms with Crippen molar-refractivity contribution in [3.63, 3.8) is 0 Å². The van der Waals surface area contributed by atoms with Crippen LogP contribution in [0.25, 0.3) is 0 Å². The molecule has 2 heterocycles. The molecule has 1 aromatic carbocycles. The van der Waals surface area contributed by atoms with Crippen molar-refractivity contribution in [3.05, 3.63) is 29.8 Å². The van der Waals surface area contributed by atoms with Crippen LogP contribution in [0.4, 0.5) is 0 Å². The lowest BCUT2D eigenvalue weighted by molar-refractivity contribution is -0.298. The lowest BCUT2D eigenvalue weighted by Gasteiger charge is -2.52. The number of nitrogens with one attached hydrogen (secondary N) is 1. The van der Waals surface area contributed by atoms with Crippen LogP contribution < -0.4 is 4.74 Å². The summed E-state index contributed by atoms with van der Waals surface area (Å²) in [4.78, 5) is 0. The average Bonchev–Trinajstić information content (AvgIpc) is 2.92. The Morgan fingerprint density at radius 3 is 2.59 bits per heavy atom. The maximum Gasteiger partial charge on any atom is 0.217 e. The van der Waals surface area contributed by atoms with Crippen molar-refractivity contribution in [1.29, 1.82) is 21.2 Å². The maximum atomic E-state index is 10.3. The molecular formula is C22H22N4O3. The minimum atomic E-state index is -1.94. The highest BCUT2D eigenvalue weighted by Gasteiger charge is 2.81. The Labute approximate surface area is 169 Å². The van der Waals surface area contributed by atoms with Gasteiger partial charge in [-0.25, -0.2) is 0 Å². The van der Waals surface area contributed by atoms with Crippen LogP contribution in [0.2, 0.25) is 0 Å². The van der Waals surface area contributed by atoms with E-state index >= 15 is 0 Å². The van der Waals surface area contributed by atoms with Gasteiger partial charge in [0, 0.05) is 12.0 Å². The van der Waals surface area contributed by atoms with Gasteiger partial charge in [-0.1, -0.05) is 25.1 Å². The Kier molecular flexibility index (Phi) is 4.30. The molecule has 2 aliphatic heterocycles. The Bertz CT molecular complexity index is 973. The highest BCUT2D eigenvalue weighted by atomic mass is 16.7. The fourth-order valence-corrected chi connectivity index (χ4v) is 5.29. The molecule has 1 aromatic rings. The van der Waals surface area contributed by atoms with Gasteiger partial charge in [0.1, 0.15) is 11.9 Å². The summed E-state index contributed by atoms with van der Waals surface area (Å²) in [7, 11) is 0. The molecule has 5 atom stereocenters. The standard InChI is InChI=1S/C22H22N4O3/c1-3-27-16-7-5-4-6-15(16)18-20(11-23,12-24)21(13-25)17-10-14(2)8-9-22(17,28-18)29-19(21)26/h4-7,14,17-18,26H,3,8-10H2,1-2H3. The monoisotopic (exact) mass is 390 g/mol. The minimum Gasteiger partial charge on any atom is -0.493 e. The molecule has 3 aliphatic rings. The van der Waals surface area contributed by atoms with Gasteiger partial charge < -0.3 is 14.2 Å². The maximum absolute atomic E-state index is 10.3. The van der Waals surface area contributed by atoms with Crippen LogP contribution >= 0.6 is 0 Å². The van der Waals surface area contributed by atoms with Crippen LogP contribution in [-0.2, 0) is 9.47 Å². The molecule has 0 amide bonds. The van der Waals surface area contributed by atoms with Gasteiger partial charge in [0.15, 0.2) is 5.41 Å². The van der Waals surface area contributed by atoms with Gasteiger partial charge in [0.2, 0.25) is 17.1 Å². The molecular weight excluding hydrogens is 368 g/mol. The van der Waals surface area contributed by atoms with Crippen molar-refractivity contribution < 1.29 is 14.2 Å². The first-order chi connectivity index (χ1) is 13.9. The number of rotatable bonds is 3. The SMILES string of the molecule is CCOc1ccccc1C1OC23CCC(C)CC2C(C#N)(C(=N)O3)C1(C#N)C#N. The predicted octanol–water partition coefficient (Wildman–Crippen LogP) is 3.84. The zero-order valence-corrected chi connectivity index (χ0v) is 16.4. The van der Waals surface area contributed by atoms with Gasteiger partial charge in [0.25, 0.3) is 0 Å². The topological polar surface area (TPSA) is 123 Å². The summed E-state index contributed by atoms with van der Waals surface area (Å²) < 4.78 is 18.1. The summed E-state index contributed by atoms with van der Waals surface area (Å²) in [6.07, 6.45) is 0.801. The number of benzene rings is 1. The van der Waals surface area contributed by atoms with Gasteiger partial charge in [-0.15, -0.1) is 0 Å². The molecule has 2 saturated heterocycles. The molecule has 5 unspecified atom stereocenters. The van der Waals surface area contributed by atoms with Crippen LogP contribution in [-0.4, -0.2) is 18.3 Å². The van der Waals surface area contributed by atoms with Gasteiger partial charge in [-0.05, 0) is 31.7 Å². The van der Waals surface area contributed by atoms with Crippen molar-refractivity contribution >= 4 is 5.90 Å². The lowest BCUT2D eigenvalue weighted by atomic mass is 9.50. The second-order valence-corrected chi connectivity index (χ2v) is 8.10. The van der Waals surface area contributed by atoms with Crippen LogP contribution in [0.15, 0.2) is 24.3 Å². The molecule has 1 N–H and O–H groups in total. The number of para-hydroxylation sites is 1. The summed E-state index contributed by atoms with van der Waals surface area (Å²) in [6, 6.07) is 13.5. The van der Waals surface area contributed by atoms with E-state index in [1.54, 1.807) is 24.3 Å². The quantitative estimate of drug-likeness (QED) is 0.836. The van der Waals surface area contributed by atoms with Gasteiger partial charge in [-0.3, -0.25) is 5.41 Å². The van der Waals surface area contributed by atoms with E-state index in [9.17, 15) is 15.8 Å². The first-order valence-corrected chi connectivity index (χ1v) is 9.86. The van der Waals surface area contributed by atoms with Gasteiger partial charge in [0.05, 0.1) is 30.7 Å². The average molecular weight is 390 g/mol. The van der Waals surface area contributed by atoms with E-state index in [1.165, 1.54) is 0 Å². The van der Waals surface area contributed by atoms with E-state index in [0.29, 0.717) is 30.8 Å². The fraction of sp³-hybridized carbons (Fsp3) is 0.545. The summed E-state index contributed by atoms with van der Waals surface area (Å²) in [6.45, 7) is 4.31. The van der Waals surface area contributed by atoms with Gasteiger partial charge >= 0.3 is 0 Å². The Morgan fingerprint density at radius 2 is 1.93 bits per heavy atom. The molecule has 3 fully saturated rings. The highest BCUT2D eigenvalue weighted by molar-refractivity contribution is 5.89. The third-order valence-corrected chi connectivity index (χ3v) is 6.67. The smallest absolute Gasteiger partial charge is 0.217 e. The molecule has 0 spiro atoms. The predicted molar refractivity (Wildman–Crippen MR) is 101 cm³/mol. The highest BCUT2D eigenvalue weighted by Crippen LogP contribution is 2.70. The van der Waals surface area contributed by atoms with E-state index < -0.39 is 28.6 Å². The lowest BCUT2D eigenvalue weighted by Crippen LogP contribution is -2.61. The minimum absolute atomic E-state index is 0.279. The van der Waals surface area contributed by atoms with Crippen molar-refractivity contribution in [3.8, 4) is 24.0 Å². The molecule has 4 rings (SSSR count). The van der Waals surface area contributed by atoms with Crippen LogP contribution in [0, 0.1) is 62.1 Å². The molecule has 1 saturated carbocycles. The molecule has 0 radical (unpaired) electrons. The first kappa shape index (κ1) is 19.2. The second-order valence-electron chi connectivity index (χ2n) is 8.10. The van der Waals surface area contributed by atoms with Crippen molar-refractivity contribution in [1.82, 2.24) is 0 Å². The van der Waals surface area contributed by atoms with Gasteiger partial charge in [-0.2, -0.15) is 15.8 Å². The van der Waals surface area contributed by atoms with Crippen molar-refractivity contribution in [2.45, 2.75) is 45.0 Å². The summed E-state index contributed by atoms with van der Waals surface area (Å²) in [5, 5.41) is 39.5. The van der Waals surface area contributed by atoms with E-state index in [2.05, 4.69) is 25.1 Å². The van der Waals surface area contributed by atoms with Crippen LogP contribution in [0.5, 0.6) is 5.75 Å². The Balaban J connectivity index is 1.99.